The second kappa shape index (κ2) is 5.33. The summed E-state index contributed by atoms with van der Waals surface area (Å²) in [6, 6.07) is 6.43. The largest absolute Gasteiger partial charge is 0.399 e. The van der Waals surface area contributed by atoms with Gasteiger partial charge < -0.3 is 5.73 Å². The van der Waals surface area contributed by atoms with Gasteiger partial charge in [-0.3, -0.25) is 0 Å². The highest BCUT2D eigenvalue weighted by Crippen LogP contribution is 2.18. The molecule has 0 amide bonds. The van der Waals surface area contributed by atoms with Crippen molar-refractivity contribution in [3.05, 3.63) is 48.0 Å². The van der Waals surface area contributed by atoms with Crippen LogP contribution >= 0.6 is 0 Å². The summed E-state index contributed by atoms with van der Waals surface area (Å²) in [5.74, 6) is 0. The molecule has 0 saturated carbocycles. The maximum absolute atomic E-state index is 12.2. The number of rotatable bonds is 4. The Morgan fingerprint density at radius 1 is 1.32 bits per heavy atom. The van der Waals surface area contributed by atoms with Gasteiger partial charge in [-0.2, -0.15) is 0 Å². The quantitative estimate of drug-likeness (QED) is 0.808. The first kappa shape index (κ1) is 13.4. The number of nitrogens with zero attached hydrogens (tertiary/aromatic N) is 2. The lowest BCUT2D eigenvalue weighted by atomic mass is 10.2. The number of nitrogens with two attached hydrogens (primary N) is 1. The third-order valence-electron chi connectivity index (χ3n) is 2.59. The topological polar surface area (TPSA) is 98.0 Å². The maximum atomic E-state index is 12.2. The van der Waals surface area contributed by atoms with Gasteiger partial charge in [-0.05, 0) is 30.7 Å². The highest BCUT2D eigenvalue weighted by Gasteiger charge is 2.16. The molecule has 1 aromatic heterocycles. The fraction of sp³-hybridized carbons (Fsp3) is 0.167. The fourth-order valence-corrected chi connectivity index (χ4v) is 2.85. The zero-order valence-electron chi connectivity index (χ0n) is 10.4. The van der Waals surface area contributed by atoms with Crippen LogP contribution in [0.4, 0.5) is 5.69 Å². The lowest BCUT2D eigenvalue weighted by Crippen LogP contribution is -2.24. The third kappa shape index (κ3) is 3.27. The van der Waals surface area contributed by atoms with Gasteiger partial charge in [0.2, 0.25) is 10.0 Å². The van der Waals surface area contributed by atoms with E-state index in [-0.39, 0.29) is 11.4 Å². The molecule has 0 spiro atoms. The van der Waals surface area contributed by atoms with Crippen LogP contribution in [-0.4, -0.2) is 18.4 Å². The minimum absolute atomic E-state index is 0.110. The van der Waals surface area contributed by atoms with Crippen molar-refractivity contribution >= 4 is 15.7 Å². The summed E-state index contributed by atoms with van der Waals surface area (Å²) in [4.78, 5) is 7.90. The van der Waals surface area contributed by atoms with Gasteiger partial charge >= 0.3 is 0 Å². The average molecular weight is 278 g/mol. The Balaban J connectivity index is 2.21. The number of aromatic nitrogens is 2. The first-order chi connectivity index (χ1) is 8.99. The lowest BCUT2D eigenvalue weighted by molar-refractivity contribution is 0.579. The van der Waals surface area contributed by atoms with Crippen molar-refractivity contribution in [3.63, 3.8) is 0 Å². The molecule has 0 aliphatic rings. The van der Waals surface area contributed by atoms with E-state index in [4.69, 9.17) is 5.73 Å². The zero-order valence-corrected chi connectivity index (χ0v) is 11.2. The second-order valence-corrected chi connectivity index (χ2v) is 5.79. The SMILES string of the molecule is Cc1ccc(N)cc1S(=O)(=O)NCc1ccncn1. The number of anilines is 1. The van der Waals surface area contributed by atoms with Crippen LogP contribution in [0.1, 0.15) is 11.3 Å². The van der Waals surface area contributed by atoms with Crippen LogP contribution in [0.3, 0.4) is 0 Å². The maximum Gasteiger partial charge on any atom is 0.241 e. The first-order valence-corrected chi connectivity index (χ1v) is 7.08. The molecule has 19 heavy (non-hydrogen) atoms. The predicted molar refractivity (Wildman–Crippen MR) is 71.6 cm³/mol. The standard InChI is InChI=1S/C12H14N4O2S/c1-9-2-3-10(13)6-12(9)19(17,18)16-7-11-4-5-14-8-15-11/h2-6,8,16H,7,13H2,1H3. The second-order valence-electron chi connectivity index (χ2n) is 4.05. The molecule has 1 heterocycles. The van der Waals surface area contributed by atoms with Crippen molar-refractivity contribution in [2.24, 2.45) is 0 Å². The number of hydrogen-bond donors (Lipinski definition) is 2. The van der Waals surface area contributed by atoms with E-state index in [0.717, 1.165) is 0 Å². The van der Waals surface area contributed by atoms with Crippen molar-refractivity contribution in [2.75, 3.05) is 5.73 Å². The molecule has 6 nitrogen and oxygen atoms in total. The summed E-state index contributed by atoms with van der Waals surface area (Å²) < 4.78 is 26.8. The molecule has 0 aliphatic carbocycles. The molecular formula is C12H14N4O2S. The van der Waals surface area contributed by atoms with Gasteiger partial charge in [0.15, 0.2) is 0 Å². The molecule has 0 radical (unpaired) electrons. The number of hydrogen-bond acceptors (Lipinski definition) is 5. The van der Waals surface area contributed by atoms with E-state index in [1.54, 1.807) is 31.3 Å². The molecule has 1 aromatic carbocycles. The predicted octanol–water partition coefficient (Wildman–Crippen LogP) is 0.846. The third-order valence-corrected chi connectivity index (χ3v) is 4.13. The van der Waals surface area contributed by atoms with Crippen LogP contribution in [-0.2, 0) is 16.6 Å². The van der Waals surface area contributed by atoms with Crippen molar-refractivity contribution < 1.29 is 8.42 Å². The molecule has 7 heteroatoms. The normalized spacial score (nSPS) is 11.4. The van der Waals surface area contributed by atoms with Gasteiger partial charge in [0.25, 0.3) is 0 Å². The van der Waals surface area contributed by atoms with Gasteiger partial charge in [-0.25, -0.2) is 23.1 Å². The number of benzene rings is 1. The highest BCUT2D eigenvalue weighted by molar-refractivity contribution is 7.89. The average Bonchev–Trinajstić information content (AvgIpc) is 2.40. The van der Waals surface area contributed by atoms with Crippen LogP contribution in [0.15, 0.2) is 41.7 Å². The van der Waals surface area contributed by atoms with Crippen LogP contribution in [0, 0.1) is 6.92 Å². The van der Waals surface area contributed by atoms with Crippen molar-refractivity contribution in [3.8, 4) is 0 Å². The zero-order chi connectivity index (χ0) is 13.9. The molecule has 2 aromatic rings. The van der Waals surface area contributed by atoms with Crippen LogP contribution in [0.25, 0.3) is 0 Å². The van der Waals surface area contributed by atoms with E-state index < -0.39 is 10.0 Å². The Morgan fingerprint density at radius 3 is 2.79 bits per heavy atom. The summed E-state index contributed by atoms with van der Waals surface area (Å²) in [5.41, 5.74) is 7.27. The Morgan fingerprint density at radius 2 is 2.11 bits per heavy atom. The summed E-state index contributed by atoms with van der Waals surface area (Å²) in [5, 5.41) is 0. The molecule has 0 bridgehead atoms. The minimum Gasteiger partial charge on any atom is -0.399 e. The first-order valence-electron chi connectivity index (χ1n) is 5.60. The van der Waals surface area contributed by atoms with Crippen LogP contribution < -0.4 is 10.5 Å². The van der Waals surface area contributed by atoms with Gasteiger partial charge in [-0.15, -0.1) is 0 Å². The lowest BCUT2D eigenvalue weighted by Gasteiger charge is -2.09. The summed E-state index contributed by atoms with van der Waals surface area (Å²) in [6.45, 7) is 1.83. The monoisotopic (exact) mass is 278 g/mol. The Kier molecular flexibility index (Phi) is 3.77. The van der Waals surface area contributed by atoms with E-state index in [2.05, 4.69) is 14.7 Å². The Labute approximate surface area is 111 Å². The number of sulfonamides is 1. The summed E-state index contributed by atoms with van der Waals surface area (Å²) in [7, 11) is -3.60. The molecule has 0 saturated heterocycles. The molecule has 100 valence electrons. The fourth-order valence-electron chi connectivity index (χ4n) is 1.58. The number of nitrogens with one attached hydrogen (secondary N) is 1. The van der Waals surface area contributed by atoms with E-state index in [0.29, 0.717) is 16.9 Å². The van der Waals surface area contributed by atoms with E-state index >= 15 is 0 Å². The van der Waals surface area contributed by atoms with Crippen molar-refractivity contribution in [1.29, 1.82) is 0 Å². The highest BCUT2D eigenvalue weighted by atomic mass is 32.2. The number of nitrogen functional groups attached to an aromatic ring is 1. The summed E-state index contributed by atoms with van der Waals surface area (Å²) in [6.07, 6.45) is 2.93. The Bertz CT molecular complexity index is 671. The molecule has 0 aliphatic heterocycles. The minimum atomic E-state index is -3.60. The smallest absolute Gasteiger partial charge is 0.241 e. The molecule has 3 N–H and O–H groups in total. The number of aryl methyl sites for hydroxylation is 1. The molecule has 0 fully saturated rings. The van der Waals surface area contributed by atoms with Gasteiger partial charge in [-0.1, -0.05) is 6.07 Å². The molecule has 0 atom stereocenters. The van der Waals surface area contributed by atoms with E-state index in [9.17, 15) is 8.42 Å². The van der Waals surface area contributed by atoms with Gasteiger partial charge in [0.05, 0.1) is 17.1 Å². The van der Waals surface area contributed by atoms with Crippen LogP contribution in [0.5, 0.6) is 0 Å². The molecule has 0 unspecified atom stereocenters. The molecule has 2 rings (SSSR count). The van der Waals surface area contributed by atoms with E-state index in [1.807, 2.05) is 0 Å². The van der Waals surface area contributed by atoms with Gasteiger partial charge in [0.1, 0.15) is 6.33 Å². The van der Waals surface area contributed by atoms with Gasteiger partial charge in [0, 0.05) is 11.9 Å². The van der Waals surface area contributed by atoms with Crippen molar-refractivity contribution in [1.82, 2.24) is 14.7 Å². The summed E-state index contributed by atoms with van der Waals surface area (Å²) >= 11 is 0. The molecular weight excluding hydrogens is 264 g/mol. The van der Waals surface area contributed by atoms with Crippen LogP contribution in [0.2, 0.25) is 0 Å². The van der Waals surface area contributed by atoms with Crippen molar-refractivity contribution in [2.45, 2.75) is 18.4 Å². The Hall–Kier alpha value is -1.99. The van der Waals surface area contributed by atoms with E-state index in [1.165, 1.54) is 12.4 Å².